The topological polar surface area (TPSA) is 90.1 Å². The molecule has 1 aromatic heterocycles. The molecule has 3 rings (SSSR count). The largest absolute Gasteiger partial charge is 0.461 e. The van der Waals surface area contributed by atoms with Gasteiger partial charge in [0.15, 0.2) is 11.5 Å². The van der Waals surface area contributed by atoms with E-state index >= 15 is 0 Å². The van der Waals surface area contributed by atoms with Crippen LogP contribution in [0, 0.1) is 3.57 Å². The number of rotatable bonds is 4. The van der Waals surface area contributed by atoms with Gasteiger partial charge in [-0.3, -0.25) is 4.79 Å². The molecule has 1 aliphatic rings. The van der Waals surface area contributed by atoms with Gasteiger partial charge in [-0.2, -0.15) is 0 Å². The normalized spacial score (nSPS) is 11.2. The van der Waals surface area contributed by atoms with Crippen molar-refractivity contribution in [2.45, 2.75) is 39.9 Å². The molecule has 1 aliphatic heterocycles. The van der Waals surface area contributed by atoms with Crippen LogP contribution in [0.4, 0.5) is 5.82 Å². The number of halogens is 1. The number of ether oxygens (including phenoxy) is 3. The first kappa shape index (κ1) is 21.9. The summed E-state index contributed by atoms with van der Waals surface area (Å²) in [5.41, 5.74) is 0.252. The number of nitrogens with zero attached hydrogens (tertiary/aromatic N) is 1. The average Bonchev–Trinajstić information content (AvgIpc) is 3.39. The summed E-state index contributed by atoms with van der Waals surface area (Å²) in [6.07, 6.45) is 1.61. The molecule has 2 aromatic rings. The highest BCUT2D eigenvalue weighted by Gasteiger charge is 2.26. The Morgan fingerprint density at radius 3 is 2.29 bits per heavy atom. The molecule has 0 saturated carbocycles. The number of benzene rings is 1. The molecule has 2 heterocycles. The quantitative estimate of drug-likeness (QED) is 0.321. The number of carbonyl (C=O) groups excluding carboxylic acids is 2. The maximum atomic E-state index is 12.4. The zero-order chi connectivity index (χ0) is 20.9. The Balaban J connectivity index is 0.000000327. The van der Waals surface area contributed by atoms with Crippen molar-refractivity contribution in [1.29, 1.82) is 0 Å². The summed E-state index contributed by atoms with van der Waals surface area (Å²) < 4.78 is 16.1. The molecule has 0 bridgehead atoms. The average molecular weight is 498 g/mol. The third kappa shape index (κ3) is 6.36. The second-order valence-electron chi connectivity index (χ2n) is 6.89. The van der Waals surface area contributed by atoms with Crippen LogP contribution in [-0.4, -0.2) is 29.6 Å². The van der Waals surface area contributed by atoms with Gasteiger partial charge in [0.1, 0.15) is 23.6 Å². The SMILES string of the molecule is CNc1ncc(I)c(COC(C)=O)c1C(=O)OC(C)(C)C.c1ccc2c(c1)O2. The minimum absolute atomic E-state index is 0.000612. The van der Waals surface area contributed by atoms with E-state index in [0.29, 0.717) is 16.9 Å². The van der Waals surface area contributed by atoms with Crippen LogP contribution in [0.2, 0.25) is 0 Å². The highest BCUT2D eigenvalue weighted by Crippen LogP contribution is 2.43. The molecule has 0 spiro atoms. The lowest BCUT2D eigenvalue weighted by Gasteiger charge is -2.22. The fraction of sp³-hybridized carbons (Fsp3) is 0.350. The van der Waals surface area contributed by atoms with E-state index in [0.717, 1.165) is 15.1 Å². The van der Waals surface area contributed by atoms with Gasteiger partial charge in [-0.25, -0.2) is 9.78 Å². The number of esters is 2. The van der Waals surface area contributed by atoms with E-state index in [4.69, 9.17) is 14.2 Å². The molecule has 0 aliphatic carbocycles. The van der Waals surface area contributed by atoms with E-state index in [1.807, 2.05) is 46.9 Å². The van der Waals surface area contributed by atoms with Crippen molar-refractivity contribution < 1.29 is 23.8 Å². The van der Waals surface area contributed by atoms with Crippen molar-refractivity contribution in [3.8, 4) is 11.5 Å². The summed E-state index contributed by atoms with van der Waals surface area (Å²) in [6, 6.07) is 7.84. The number of hydrogen-bond acceptors (Lipinski definition) is 7. The van der Waals surface area contributed by atoms with E-state index in [-0.39, 0.29) is 6.61 Å². The fourth-order valence-electron chi connectivity index (χ4n) is 2.19. The van der Waals surface area contributed by atoms with Gasteiger partial charge in [-0.1, -0.05) is 12.1 Å². The van der Waals surface area contributed by atoms with Crippen molar-refractivity contribution in [2.75, 3.05) is 12.4 Å². The predicted octanol–water partition coefficient (Wildman–Crippen LogP) is 4.54. The van der Waals surface area contributed by atoms with Crippen LogP contribution in [0.15, 0.2) is 30.5 Å². The minimum atomic E-state index is -0.623. The Kier molecular flexibility index (Phi) is 7.22. The molecule has 150 valence electrons. The molecule has 0 unspecified atom stereocenters. The van der Waals surface area contributed by atoms with Crippen molar-refractivity contribution >= 4 is 40.3 Å². The lowest BCUT2D eigenvalue weighted by atomic mass is 10.1. The highest BCUT2D eigenvalue weighted by atomic mass is 127. The maximum absolute atomic E-state index is 12.4. The number of aromatic nitrogens is 1. The molecule has 0 radical (unpaired) electrons. The summed E-state index contributed by atoms with van der Waals surface area (Å²) >= 11 is 2.05. The summed E-state index contributed by atoms with van der Waals surface area (Å²) in [4.78, 5) is 27.6. The van der Waals surface area contributed by atoms with Crippen molar-refractivity contribution in [1.82, 2.24) is 4.98 Å². The summed E-state index contributed by atoms with van der Waals surface area (Å²) in [5, 5.41) is 2.86. The first-order chi connectivity index (χ1) is 13.1. The first-order valence-corrected chi connectivity index (χ1v) is 9.69. The number of fused-ring (bicyclic) bond motifs is 1. The van der Waals surface area contributed by atoms with Crippen molar-refractivity contribution in [2.24, 2.45) is 0 Å². The lowest BCUT2D eigenvalue weighted by Crippen LogP contribution is -2.26. The van der Waals surface area contributed by atoms with Gasteiger partial charge in [-0.15, -0.1) is 0 Å². The monoisotopic (exact) mass is 498 g/mol. The molecular formula is C20H23IN2O5. The lowest BCUT2D eigenvalue weighted by molar-refractivity contribution is -0.142. The number of para-hydroxylation sites is 2. The molecule has 8 heteroatoms. The summed E-state index contributed by atoms with van der Waals surface area (Å²) in [6.45, 7) is 6.69. The van der Waals surface area contributed by atoms with Gasteiger partial charge in [0.05, 0.1) is 0 Å². The standard InChI is InChI=1S/C14H19IN2O4.C6H4O/c1-8(18)20-7-9-10(15)6-17-12(16-5)11(9)13(19)21-14(2,3)4;1-2-4-6-5(3-1)7-6/h6H,7H2,1-5H3,(H,16,17);1-4H. The van der Waals surface area contributed by atoms with Gasteiger partial charge in [0, 0.05) is 29.3 Å². The van der Waals surface area contributed by atoms with Gasteiger partial charge in [0.2, 0.25) is 0 Å². The Morgan fingerprint density at radius 1 is 1.21 bits per heavy atom. The molecule has 0 fully saturated rings. The summed E-state index contributed by atoms with van der Waals surface area (Å²) in [7, 11) is 1.67. The Morgan fingerprint density at radius 2 is 1.82 bits per heavy atom. The van der Waals surface area contributed by atoms with Crippen LogP contribution in [0.5, 0.6) is 11.5 Å². The third-order valence-corrected chi connectivity index (χ3v) is 4.35. The molecule has 28 heavy (non-hydrogen) atoms. The van der Waals surface area contributed by atoms with Gasteiger partial charge in [0.25, 0.3) is 0 Å². The first-order valence-electron chi connectivity index (χ1n) is 8.61. The van der Waals surface area contributed by atoms with Crippen LogP contribution in [0.25, 0.3) is 0 Å². The molecular weight excluding hydrogens is 475 g/mol. The highest BCUT2D eigenvalue weighted by molar-refractivity contribution is 14.1. The van der Waals surface area contributed by atoms with Crippen LogP contribution >= 0.6 is 22.6 Å². The molecule has 0 saturated heterocycles. The fourth-order valence-corrected chi connectivity index (χ4v) is 2.76. The number of anilines is 1. The number of hydrogen-bond donors (Lipinski definition) is 1. The third-order valence-electron chi connectivity index (χ3n) is 3.42. The van der Waals surface area contributed by atoms with E-state index in [1.54, 1.807) is 34.0 Å². The van der Waals surface area contributed by atoms with E-state index in [9.17, 15) is 9.59 Å². The zero-order valence-electron chi connectivity index (χ0n) is 16.5. The van der Waals surface area contributed by atoms with Gasteiger partial charge < -0.3 is 19.5 Å². The van der Waals surface area contributed by atoms with Crippen molar-refractivity contribution in [3.05, 3.63) is 45.2 Å². The molecule has 1 aromatic carbocycles. The maximum Gasteiger partial charge on any atom is 0.342 e. The van der Waals surface area contributed by atoms with Crippen LogP contribution < -0.4 is 10.1 Å². The second-order valence-corrected chi connectivity index (χ2v) is 8.05. The molecule has 0 amide bonds. The van der Waals surface area contributed by atoms with E-state index in [1.165, 1.54) is 6.92 Å². The van der Waals surface area contributed by atoms with Crippen LogP contribution in [0.1, 0.15) is 43.6 Å². The van der Waals surface area contributed by atoms with Crippen LogP contribution in [0.3, 0.4) is 0 Å². The summed E-state index contributed by atoms with van der Waals surface area (Å²) in [5.74, 6) is 1.54. The van der Waals surface area contributed by atoms with Gasteiger partial charge in [-0.05, 0) is 55.5 Å². The Hall–Kier alpha value is -2.36. The number of pyridine rings is 1. The number of nitrogens with one attached hydrogen (secondary N) is 1. The van der Waals surface area contributed by atoms with E-state index in [2.05, 4.69) is 10.3 Å². The molecule has 7 nitrogen and oxygen atoms in total. The van der Waals surface area contributed by atoms with Crippen molar-refractivity contribution in [3.63, 3.8) is 0 Å². The predicted molar refractivity (Wildman–Crippen MR) is 114 cm³/mol. The minimum Gasteiger partial charge on any atom is -0.461 e. The Bertz CT molecular complexity index is 856. The smallest absolute Gasteiger partial charge is 0.342 e. The Labute approximate surface area is 177 Å². The van der Waals surface area contributed by atoms with Crippen LogP contribution in [-0.2, 0) is 20.9 Å². The second kappa shape index (κ2) is 9.22. The van der Waals surface area contributed by atoms with E-state index < -0.39 is 17.5 Å². The molecule has 1 N–H and O–H groups in total. The zero-order valence-corrected chi connectivity index (χ0v) is 18.6. The number of carbonyl (C=O) groups is 2. The van der Waals surface area contributed by atoms with Gasteiger partial charge >= 0.3 is 11.9 Å². The molecule has 0 atom stereocenters.